The minimum Gasteiger partial charge on any atom is -0.257 e. The first-order valence-corrected chi connectivity index (χ1v) is 4.66. The molecule has 12 heavy (non-hydrogen) atoms. The molecule has 0 unspecified atom stereocenters. The van der Waals surface area contributed by atoms with Gasteiger partial charge in [-0.25, -0.2) is 0 Å². The Morgan fingerprint density at radius 1 is 1.58 bits per heavy atom. The van der Waals surface area contributed by atoms with E-state index in [9.17, 15) is 0 Å². The summed E-state index contributed by atoms with van der Waals surface area (Å²) in [6, 6.07) is 4.06. The molecule has 0 N–H and O–H groups in total. The summed E-state index contributed by atoms with van der Waals surface area (Å²) < 4.78 is 0. The zero-order valence-electron chi connectivity index (χ0n) is 7.20. The van der Waals surface area contributed by atoms with Crippen molar-refractivity contribution in [3.05, 3.63) is 35.7 Å². The summed E-state index contributed by atoms with van der Waals surface area (Å²) in [6.45, 7) is 2.07. The van der Waals surface area contributed by atoms with Gasteiger partial charge in [-0.2, -0.15) is 12.6 Å². The molecule has 0 aliphatic heterocycles. The lowest BCUT2D eigenvalue weighted by molar-refractivity contribution is 1.23. The van der Waals surface area contributed by atoms with Gasteiger partial charge in [-0.05, 0) is 42.9 Å². The molecule has 1 nitrogen and oxygen atoms in total. The predicted octanol–water partition coefficient (Wildman–Crippen LogP) is 2.72. The van der Waals surface area contributed by atoms with E-state index in [-0.39, 0.29) is 0 Å². The number of hydrogen-bond donors (Lipinski definition) is 1. The summed E-state index contributed by atoms with van der Waals surface area (Å²) in [6.07, 6.45) is 6.95. The predicted molar refractivity (Wildman–Crippen MR) is 56.5 cm³/mol. The van der Waals surface area contributed by atoms with Gasteiger partial charge >= 0.3 is 0 Å². The van der Waals surface area contributed by atoms with Crippen molar-refractivity contribution in [2.75, 3.05) is 5.75 Å². The summed E-state index contributed by atoms with van der Waals surface area (Å²) in [5.41, 5.74) is 2.27. The van der Waals surface area contributed by atoms with E-state index in [0.29, 0.717) is 0 Å². The Morgan fingerprint density at radius 2 is 2.42 bits per heavy atom. The molecule has 0 aliphatic carbocycles. The molecule has 0 aliphatic rings. The molecule has 0 atom stereocenters. The number of allylic oxidation sites excluding steroid dienone is 1. The number of aryl methyl sites for hydroxylation is 1. The molecule has 1 aromatic rings. The Labute approximate surface area is 78.9 Å². The lowest BCUT2D eigenvalue weighted by atomic mass is 10.2. The Balaban J connectivity index is 2.63. The highest BCUT2D eigenvalue weighted by Crippen LogP contribution is 2.02. The molecule has 0 saturated heterocycles. The highest BCUT2D eigenvalue weighted by molar-refractivity contribution is 7.80. The maximum atomic E-state index is 4.20. The average Bonchev–Trinajstić information content (AvgIpc) is 2.05. The Hall–Kier alpha value is -0.760. The summed E-state index contributed by atoms with van der Waals surface area (Å²) in [5, 5.41) is 0. The van der Waals surface area contributed by atoms with Crippen LogP contribution in [0.4, 0.5) is 0 Å². The second kappa shape index (κ2) is 4.99. The SMILES string of the molecule is Cc1ccnc(C=CCCS)c1. The van der Waals surface area contributed by atoms with Gasteiger partial charge in [0.2, 0.25) is 0 Å². The molecule has 0 fully saturated rings. The molecule has 0 spiro atoms. The zero-order chi connectivity index (χ0) is 8.81. The summed E-state index contributed by atoms with van der Waals surface area (Å²) >= 11 is 4.12. The van der Waals surface area contributed by atoms with E-state index in [4.69, 9.17) is 0 Å². The molecular weight excluding hydrogens is 166 g/mol. The van der Waals surface area contributed by atoms with E-state index >= 15 is 0 Å². The van der Waals surface area contributed by atoms with Crippen molar-refractivity contribution in [3.8, 4) is 0 Å². The van der Waals surface area contributed by atoms with Gasteiger partial charge in [0.05, 0.1) is 5.69 Å². The highest BCUT2D eigenvalue weighted by Gasteiger charge is 1.87. The third-order valence-corrected chi connectivity index (χ3v) is 1.78. The van der Waals surface area contributed by atoms with Gasteiger partial charge < -0.3 is 0 Å². The molecule has 0 bridgehead atoms. The van der Waals surface area contributed by atoms with Crippen LogP contribution < -0.4 is 0 Å². The topological polar surface area (TPSA) is 12.9 Å². The van der Waals surface area contributed by atoms with Crippen LogP contribution in [-0.4, -0.2) is 10.7 Å². The van der Waals surface area contributed by atoms with Crippen LogP contribution in [0.5, 0.6) is 0 Å². The number of nitrogens with zero attached hydrogens (tertiary/aromatic N) is 1. The molecule has 1 rings (SSSR count). The molecular formula is C10H13NS. The zero-order valence-corrected chi connectivity index (χ0v) is 8.09. The minimum atomic E-state index is 0.891. The van der Waals surface area contributed by atoms with Gasteiger partial charge in [-0.1, -0.05) is 6.08 Å². The van der Waals surface area contributed by atoms with Gasteiger partial charge in [0.25, 0.3) is 0 Å². The molecule has 1 heterocycles. The minimum absolute atomic E-state index is 0.891. The normalized spacial score (nSPS) is 10.8. The smallest absolute Gasteiger partial charge is 0.0629 e. The quantitative estimate of drug-likeness (QED) is 0.704. The fourth-order valence-corrected chi connectivity index (χ4v) is 1.08. The van der Waals surface area contributed by atoms with Crippen LogP contribution in [0.15, 0.2) is 24.4 Å². The van der Waals surface area contributed by atoms with Crippen molar-refractivity contribution in [2.45, 2.75) is 13.3 Å². The van der Waals surface area contributed by atoms with Crippen LogP contribution in [0, 0.1) is 6.92 Å². The largest absolute Gasteiger partial charge is 0.257 e. The van der Waals surface area contributed by atoms with Crippen LogP contribution in [0.2, 0.25) is 0 Å². The van der Waals surface area contributed by atoms with Gasteiger partial charge in [-0.3, -0.25) is 4.98 Å². The average molecular weight is 179 g/mol. The van der Waals surface area contributed by atoms with E-state index in [1.165, 1.54) is 5.56 Å². The van der Waals surface area contributed by atoms with Crippen LogP contribution in [0.25, 0.3) is 6.08 Å². The molecule has 0 radical (unpaired) electrons. The van der Waals surface area contributed by atoms with E-state index in [0.717, 1.165) is 17.9 Å². The monoisotopic (exact) mass is 179 g/mol. The Kier molecular flexibility index (Phi) is 3.88. The van der Waals surface area contributed by atoms with Crippen molar-refractivity contribution < 1.29 is 0 Å². The molecule has 1 aromatic heterocycles. The van der Waals surface area contributed by atoms with Crippen molar-refractivity contribution >= 4 is 18.7 Å². The molecule has 64 valence electrons. The van der Waals surface area contributed by atoms with E-state index in [1.54, 1.807) is 0 Å². The fourth-order valence-electron chi connectivity index (χ4n) is 0.929. The lowest BCUT2D eigenvalue weighted by Gasteiger charge is -1.93. The standard InChI is InChI=1S/C10H13NS/c1-9-5-6-11-10(8-9)4-2-3-7-12/h2,4-6,8,12H,3,7H2,1H3. The van der Waals surface area contributed by atoms with Gasteiger partial charge in [-0.15, -0.1) is 0 Å². The van der Waals surface area contributed by atoms with E-state index < -0.39 is 0 Å². The van der Waals surface area contributed by atoms with Crippen LogP contribution in [0.3, 0.4) is 0 Å². The fraction of sp³-hybridized carbons (Fsp3) is 0.300. The maximum Gasteiger partial charge on any atom is 0.0629 e. The van der Waals surface area contributed by atoms with Crippen molar-refractivity contribution in [1.29, 1.82) is 0 Å². The van der Waals surface area contributed by atoms with E-state index in [2.05, 4.69) is 36.7 Å². The first-order valence-electron chi connectivity index (χ1n) is 4.03. The number of aromatic nitrogens is 1. The first kappa shape index (κ1) is 9.33. The molecule has 2 heteroatoms. The van der Waals surface area contributed by atoms with Crippen LogP contribution in [0.1, 0.15) is 17.7 Å². The van der Waals surface area contributed by atoms with Crippen molar-refractivity contribution in [2.24, 2.45) is 0 Å². The van der Waals surface area contributed by atoms with Crippen LogP contribution >= 0.6 is 12.6 Å². The third kappa shape index (κ3) is 3.09. The highest BCUT2D eigenvalue weighted by atomic mass is 32.1. The van der Waals surface area contributed by atoms with Crippen molar-refractivity contribution in [3.63, 3.8) is 0 Å². The lowest BCUT2D eigenvalue weighted by Crippen LogP contribution is -1.80. The maximum absolute atomic E-state index is 4.20. The van der Waals surface area contributed by atoms with Gasteiger partial charge in [0.15, 0.2) is 0 Å². The first-order chi connectivity index (χ1) is 5.83. The Bertz CT molecular complexity index is 268. The Morgan fingerprint density at radius 3 is 3.08 bits per heavy atom. The number of hydrogen-bond acceptors (Lipinski definition) is 2. The van der Waals surface area contributed by atoms with E-state index in [1.807, 2.05) is 18.3 Å². The van der Waals surface area contributed by atoms with Gasteiger partial charge in [0.1, 0.15) is 0 Å². The van der Waals surface area contributed by atoms with Crippen molar-refractivity contribution in [1.82, 2.24) is 4.98 Å². The summed E-state index contributed by atoms with van der Waals surface area (Å²) in [4.78, 5) is 4.20. The summed E-state index contributed by atoms with van der Waals surface area (Å²) in [7, 11) is 0. The second-order valence-electron chi connectivity index (χ2n) is 2.67. The van der Waals surface area contributed by atoms with Gasteiger partial charge in [0, 0.05) is 6.20 Å². The second-order valence-corrected chi connectivity index (χ2v) is 3.12. The van der Waals surface area contributed by atoms with Crippen LogP contribution in [-0.2, 0) is 0 Å². The molecule has 0 aromatic carbocycles. The number of thiol groups is 1. The summed E-state index contributed by atoms with van der Waals surface area (Å²) in [5.74, 6) is 0.891. The third-order valence-electron chi connectivity index (χ3n) is 1.52. The molecule has 0 saturated carbocycles. The molecule has 0 amide bonds. The number of rotatable bonds is 3. The number of pyridine rings is 1.